The van der Waals surface area contributed by atoms with Crippen molar-refractivity contribution < 1.29 is 23.8 Å². The number of alkyl carbamates (subject to hydrolysis) is 1. The van der Waals surface area contributed by atoms with E-state index in [0.717, 1.165) is 22.3 Å². The lowest BCUT2D eigenvalue weighted by Crippen LogP contribution is -2.51. The molecule has 0 saturated carbocycles. The van der Waals surface area contributed by atoms with E-state index in [1.165, 1.54) is 0 Å². The van der Waals surface area contributed by atoms with Crippen LogP contribution in [-0.2, 0) is 19.0 Å². The summed E-state index contributed by atoms with van der Waals surface area (Å²) in [6.45, 7) is 6.78. The molecule has 34 heavy (non-hydrogen) atoms. The summed E-state index contributed by atoms with van der Waals surface area (Å²) >= 11 is 17.1. The van der Waals surface area contributed by atoms with Crippen LogP contribution >= 0.6 is 34.8 Å². The fraction of sp³-hybridized carbons (Fsp3) is 0.440. The van der Waals surface area contributed by atoms with E-state index in [0.29, 0.717) is 0 Å². The zero-order valence-electron chi connectivity index (χ0n) is 19.4. The molecule has 0 fully saturated rings. The fourth-order valence-corrected chi connectivity index (χ4v) is 4.17. The highest BCUT2D eigenvalue weighted by Gasteiger charge is 2.35. The van der Waals surface area contributed by atoms with Gasteiger partial charge in [-0.15, -0.1) is 0 Å². The summed E-state index contributed by atoms with van der Waals surface area (Å²) in [5.41, 5.74) is 3.83. The first-order valence-electron chi connectivity index (χ1n) is 10.9. The second-order valence-electron chi connectivity index (χ2n) is 9.11. The lowest BCUT2D eigenvalue weighted by atomic mass is 9.98. The molecule has 0 spiro atoms. The number of alkyl halides is 3. The molecule has 0 aromatic heterocycles. The van der Waals surface area contributed by atoms with Crippen molar-refractivity contribution in [2.24, 2.45) is 0 Å². The number of rotatable bonds is 7. The van der Waals surface area contributed by atoms with Gasteiger partial charge in [-0.2, -0.15) is 0 Å². The molecule has 0 radical (unpaired) electrons. The van der Waals surface area contributed by atoms with Gasteiger partial charge in [0.05, 0.1) is 11.7 Å². The first-order chi connectivity index (χ1) is 15.9. The minimum Gasteiger partial charge on any atom is -0.460 e. The maximum Gasteiger partial charge on any atom is 0.407 e. The molecule has 1 N–H and O–H groups in total. The van der Waals surface area contributed by atoms with Crippen LogP contribution in [-0.4, -0.2) is 46.8 Å². The Morgan fingerprint density at radius 1 is 0.941 bits per heavy atom. The molecule has 6 nitrogen and oxygen atoms in total. The third kappa shape index (κ3) is 7.01. The fourth-order valence-electron chi connectivity index (χ4n) is 4.00. The number of benzene rings is 2. The largest absolute Gasteiger partial charge is 0.460 e. The smallest absolute Gasteiger partial charge is 0.407 e. The molecular weight excluding hydrogens is 501 g/mol. The minimum absolute atomic E-state index is 0.101. The van der Waals surface area contributed by atoms with E-state index in [2.05, 4.69) is 17.4 Å². The molecule has 0 bridgehead atoms. The van der Waals surface area contributed by atoms with Gasteiger partial charge in [-0.25, -0.2) is 9.59 Å². The highest BCUT2D eigenvalue weighted by atomic mass is 35.6. The minimum atomic E-state index is -1.78. The maximum atomic E-state index is 12.7. The summed E-state index contributed by atoms with van der Waals surface area (Å²) in [6, 6.07) is 14.9. The second kappa shape index (κ2) is 10.7. The van der Waals surface area contributed by atoms with E-state index in [9.17, 15) is 9.59 Å². The van der Waals surface area contributed by atoms with Gasteiger partial charge in [0.15, 0.2) is 6.04 Å². The predicted octanol–water partition coefficient (Wildman–Crippen LogP) is 6.01. The predicted molar refractivity (Wildman–Crippen MR) is 134 cm³/mol. The zero-order valence-corrected chi connectivity index (χ0v) is 21.7. The molecule has 2 aromatic carbocycles. The molecule has 0 saturated heterocycles. The van der Waals surface area contributed by atoms with Crippen LogP contribution in [0.2, 0.25) is 0 Å². The number of amides is 1. The molecule has 3 rings (SSSR count). The van der Waals surface area contributed by atoms with Crippen molar-refractivity contribution in [1.29, 1.82) is 0 Å². The summed E-state index contributed by atoms with van der Waals surface area (Å²) < 4.78 is 14.7. The number of halogens is 3. The van der Waals surface area contributed by atoms with Gasteiger partial charge in [-0.05, 0) is 49.9 Å². The number of nitrogens with one attached hydrogen (secondary N) is 1. The van der Waals surface area contributed by atoms with Crippen LogP contribution in [0.3, 0.4) is 0 Å². The van der Waals surface area contributed by atoms with E-state index < -0.39 is 40.2 Å². The number of carbonyl (C=O) groups excluding carboxylic acids is 2. The number of fused-ring (bicyclic) bond motifs is 3. The molecule has 0 unspecified atom stereocenters. The summed E-state index contributed by atoms with van der Waals surface area (Å²) in [5.74, 6) is -0.909. The van der Waals surface area contributed by atoms with Gasteiger partial charge in [0.2, 0.25) is 3.79 Å². The monoisotopic (exact) mass is 527 g/mol. The van der Waals surface area contributed by atoms with E-state index >= 15 is 0 Å². The van der Waals surface area contributed by atoms with Gasteiger partial charge < -0.3 is 19.5 Å². The number of esters is 1. The highest BCUT2D eigenvalue weighted by molar-refractivity contribution is 6.67. The number of carbonyl (C=O) groups is 2. The zero-order chi connectivity index (χ0) is 25.1. The van der Waals surface area contributed by atoms with Crippen molar-refractivity contribution in [1.82, 2.24) is 5.32 Å². The van der Waals surface area contributed by atoms with Crippen LogP contribution in [0.15, 0.2) is 48.5 Å². The quantitative estimate of drug-likeness (QED) is 0.352. The normalized spacial score (nSPS) is 15.1. The SMILES string of the molecule is C[C@@H](OC(C)(C)C)[C@H](NC(=O)OCC1c2ccccc2-c2ccccc21)C(=O)OCC(Cl)(Cl)Cl. The molecule has 184 valence electrons. The summed E-state index contributed by atoms with van der Waals surface area (Å²) in [4.78, 5) is 25.4. The third-order valence-electron chi connectivity index (χ3n) is 5.26. The summed E-state index contributed by atoms with van der Waals surface area (Å²) in [7, 11) is 0. The Balaban J connectivity index is 1.70. The van der Waals surface area contributed by atoms with Crippen molar-refractivity contribution in [2.75, 3.05) is 13.2 Å². The Morgan fingerprint density at radius 2 is 1.47 bits per heavy atom. The van der Waals surface area contributed by atoms with E-state index in [4.69, 9.17) is 49.0 Å². The topological polar surface area (TPSA) is 73.9 Å². The Kier molecular flexibility index (Phi) is 8.40. The lowest BCUT2D eigenvalue weighted by molar-refractivity contribution is -0.153. The van der Waals surface area contributed by atoms with Gasteiger partial charge in [0, 0.05) is 5.92 Å². The average Bonchev–Trinajstić information content (AvgIpc) is 3.06. The van der Waals surface area contributed by atoms with E-state index in [1.54, 1.807) is 6.92 Å². The molecule has 1 amide bonds. The Bertz CT molecular complexity index is 986. The third-order valence-corrected chi connectivity index (χ3v) is 5.59. The Morgan fingerprint density at radius 3 is 1.97 bits per heavy atom. The van der Waals surface area contributed by atoms with Crippen molar-refractivity contribution in [3.63, 3.8) is 0 Å². The highest BCUT2D eigenvalue weighted by Crippen LogP contribution is 2.44. The second-order valence-corrected chi connectivity index (χ2v) is 11.6. The van der Waals surface area contributed by atoms with E-state index in [1.807, 2.05) is 57.2 Å². The summed E-state index contributed by atoms with van der Waals surface area (Å²) in [6.07, 6.45) is -1.51. The molecule has 1 aliphatic carbocycles. The van der Waals surface area contributed by atoms with Gasteiger partial charge in [-0.3, -0.25) is 0 Å². The molecule has 2 atom stereocenters. The van der Waals surface area contributed by atoms with E-state index in [-0.39, 0.29) is 12.5 Å². The molecule has 0 aliphatic heterocycles. The molecule has 0 heterocycles. The van der Waals surface area contributed by atoms with Crippen LogP contribution < -0.4 is 5.32 Å². The maximum absolute atomic E-state index is 12.7. The molecule has 2 aromatic rings. The van der Waals surface area contributed by atoms with Gasteiger partial charge in [0.25, 0.3) is 0 Å². The van der Waals surface area contributed by atoms with Crippen LogP contribution in [0.5, 0.6) is 0 Å². The van der Waals surface area contributed by atoms with Gasteiger partial charge in [-0.1, -0.05) is 83.3 Å². The molecule has 1 aliphatic rings. The first kappa shape index (κ1) is 26.6. The van der Waals surface area contributed by atoms with Crippen LogP contribution in [0.1, 0.15) is 44.7 Å². The number of hydrogen-bond acceptors (Lipinski definition) is 5. The first-order valence-corrected chi connectivity index (χ1v) is 12.0. The van der Waals surface area contributed by atoms with Gasteiger partial charge in [0.1, 0.15) is 13.2 Å². The van der Waals surface area contributed by atoms with Crippen LogP contribution in [0, 0.1) is 0 Å². The number of ether oxygens (including phenoxy) is 3. The standard InChI is InChI=1S/C25H28Cl3NO5/c1-15(34-24(2,3)4)21(22(30)33-14-25(26,27)28)29-23(31)32-13-20-18-11-7-5-9-16(18)17-10-6-8-12-19(17)20/h5-12,15,20-21H,13-14H2,1-4H3,(H,29,31)/t15-,21+/m1/s1. The van der Waals surface area contributed by atoms with Crippen molar-refractivity contribution in [3.8, 4) is 11.1 Å². The van der Waals surface area contributed by atoms with Gasteiger partial charge >= 0.3 is 12.1 Å². The van der Waals surface area contributed by atoms with Crippen LogP contribution in [0.25, 0.3) is 11.1 Å². The molecule has 9 heteroatoms. The van der Waals surface area contributed by atoms with Crippen LogP contribution in [0.4, 0.5) is 4.79 Å². The average molecular weight is 529 g/mol. The van der Waals surface area contributed by atoms with Crippen molar-refractivity contribution in [2.45, 2.75) is 55.2 Å². The number of hydrogen-bond donors (Lipinski definition) is 1. The summed E-state index contributed by atoms with van der Waals surface area (Å²) in [5, 5.41) is 2.56. The Labute approximate surface area is 214 Å². The van der Waals surface area contributed by atoms with Crippen molar-refractivity contribution in [3.05, 3.63) is 59.7 Å². The molecular formula is C25H28Cl3NO5. The lowest BCUT2D eigenvalue weighted by Gasteiger charge is -2.30. The Hall–Kier alpha value is -1.99. The van der Waals surface area contributed by atoms with Crippen molar-refractivity contribution >= 4 is 46.9 Å².